The highest BCUT2D eigenvalue weighted by molar-refractivity contribution is 5.87. The van der Waals surface area contributed by atoms with Crippen molar-refractivity contribution in [2.75, 3.05) is 13.7 Å². The molecule has 1 aromatic heterocycles. The van der Waals surface area contributed by atoms with E-state index in [1.165, 1.54) is 4.90 Å². The molecule has 0 saturated carbocycles. The molecule has 7 heteroatoms. The molecule has 0 unspecified atom stereocenters. The first kappa shape index (κ1) is 19.3. The fourth-order valence-corrected chi connectivity index (χ4v) is 2.91. The first-order chi connectivity index (χ1) is 13.5. The maximum absolute atomic E-state index is 12.4. The van der Waals surface area contributed by atoms with E-state index in [1.54, 1.807) is 31.3 Å². The zero-order valence-corrected chi connectivity index (χ0v) is 15.7. The Kier molecular flexibility index (Phi) is 5.84. The quantitative estimate of drug-likeness (QED) is 0.663. The lowest BCUT2D eigenvalue weighted by Gasteiger charge is -2.25. The summed E-state index contributed by atoms with van der Waals surface area (Å²) in [6, 6.07) is 16.3. The zero-order chi connectivity index (χ0) is 20.1. The van der Waals surface area contributed by atoms with Gasteiger partial charge in [0.15, 0.2) is 6.61 Å². The molecule has 0 radical (unpaired) electrons. The Balaban J connectivity index is 1.61. The van der Waals surface area contributed by atoms with E-state index in [9.17, 15) is 14.4 Å². The summed E-state index contributed by atoms with van der Waals surface area (Å²) in [7, 11) is 1.67. The fourth-order valence-electron chi connectivity index (χ4n) is 2.91. The smallest absolute Gasteiger partial charge is 0.312 e. The number of ether oxygens (including phenoxy) is 1. The maximum atomic E-state index is 12.4. The number of H-pyrrole nitrogens is 1. The van der Waals surface area contributed by atoms with E-state index in [2.05, 4.69) is 10.2 Å². The second kappa shape index (κ2) is 8.47. The van der Waals surface area contributed by atoms with Gasteiger partial charge in [-0.05, 0) is 18.6 Å². The van der Waals surface area contributed by atoms with E-state index in [-0.39, 0.29) is 30.5 Å². The molecular weight excluding hydrogens is 358 g/mol. The van der Waals surface area contributed by atoms with Crippen molar-refractivity contribution in [3.05, 3.63) is 76.2 Å². The third-order valence-corrected chi connectivity index (χ3v) is 4.70. The summed E-state index contributed by atoms with van der Waals surface area (Å²) in [5, 5.41) is 7.36. The number of hydrogen-bond acceptors (Lipinski definition) is 5. The number of carbonyl (C=O) groups is 2. The molecule has 1 N–H and O–H groups in total. The van der Waals surface area contributed by atoms with E-state index in [4.69, 9.17) is 4.74 Å². The van der Waals surface area contributed by atoms with Crippen LogP contribution in [0.2, 0.25) is 0 Å². The molecule has 0 fully saturated rings. The molecule has 0 aliphatic carbocycles. The van der Waals surface area contributed by atoms with E-state index in [0.717, 1.165) is 5.56 Å². The average Bonchev–Trinajstić information content (AvgIpc) is 2.73. The lowest BCUT2D eigenvalue weighted by atomic mass is 10.1. The maximum Gasteiger partial charge on any atom is 0.312 e. The second-order valence-electron chi connectivity index (χ2n) is 6.47. The van der Waals surface area contributed by atoms with Crippen LogP contribution in [0.3, 0.4) is 0 Å². The molecule has 2 aromatic carbocycles. The minimum Gasteiger partial charge on any atom is -0.455 e. The van der Waals surface area contributed by atoms with Crippen molar-refractivity contribution in [2.45, 2.75) is 19.4 Å². The summed E-state index contributed by atoms with van der Waals surface area (Å²) in [4.78, 5) is 37.9. The molecule has 3 rings (SSSR count). The normalized spacial score (nSPS) is 11.8. The van der Waals surface area contributed by atoms with Crippen LogP contribution in [0, 0.1) is 0 Å². The molecule has 144 valence electrons. The summed E-state index contributed by atoms with van der Waals surface area (Å²) >= 11 is 0. The number of benzene rings is 2. The van der Waals surface area contributed by atoms with Gasteiger partial charge in [-0.25, -0.2) is 5.10 Å². The van der Waals surface area contributed by atoms with Gasteiger partial charge in [0.1, 0.15) is 0 Å². The van der Waals surface area contributed by atoms with Crippen LogP contribution >= 0.6 is 0 Å². The Morgan fingerprint density at radius 2 is 1.71 bits per heavy atom. The van der Waals surface area contributed by atoms with Crippen LogP contribution in [-0.2, 0) is 20.7 Å². The summed E-state index contributed by atoms with van der Waals surface area (Å²) in [6.45, 7) is 1.55. The van der Waals surface area contributed by atoms with Crippen LogP contribution in [0.25, 0.3) is 10.8 Å². The van der Waals surface area contributed by atoms with Gasteiger partial charge in [0, 0.05) is 12.4 Å². The summed E-state index contributed by atoms with van der Waals surface area (Å²) < 4.78 is 5.13. The van der Waals surface area contributed by atoms with Crippen molar-refractivity contribution < 1.29 is 14.3 Å². The highest BCUT2D eigenvalue weighted by Gasteiger charge is 2.19. The highest BCUT2D eigenvalue weighted by Crippen LogP contribution is 2.18. The molecule has 3 aromatic rings. The van der Waals surface area contributed by atoms with Gasteiger partial charge in [-0.2, -0.15) is 5.10 Å². The number of nitrogens with one attached hydrogen (secondary N) is 1. The Hall–Kier alpha value is -3.48. The standard InChI is InChI=1S/C21H21N3O4/c1-14(15-8-4-3-5-9-15)24(2)19(25)13-28-20(26)12-18-16-10-6-7-11-17(16)21(27)23-22-18/h3-11,14H,12-13H2,1-2H3,(H,23,27)/t14-/m0/s1. The van der Waals surface area contributed by atoms with Gasteiger partial charge < -0.3 is 9.64 Å². The molecule has 0 aliphatic heterocycles. The van der Waals surface area contributed by atoms with Crippen LogP contribution in [0.15, 0.2) is 59.4 Å². The van der Waals surface area contributed by atoms with Crippen molar-refractivity contribution in [2.24, 2.45) is 0 Å². The third-order valence-electron chi connectivity index (χ3n) is 4.70. The minimum atomic E-state index is -0.584. The van der Waals surface area contributed by atoms with Gasteiger partial charge in [0.25, 0.3) is 11.5 Å². The molecule has 0 spiro atoms. The number of hydrogen-bond donors (Lipinski definition) is 1. The predicted octanol–water partition coefficient (Wildman–Crippen LogP) is 2.23. The topological polar surface area (TPSA) is 92.4 Å². The van der Waals surface area contributed by atoms with Crippen molar-refractivity contribution in [3.8, 4) is 0 Å². The van der Waals surface area contributed by atoms with E-state index >= 15 is 0 Å². The Labute approximate surface area is 161 Å². The van der Waals surface area contributed by atoms with Gasteiger partial charge in [-0.3, -0.25) is 14.4 Å². The Morgan fingerprint density at radius 1 is 1.07 bits per heavy atom. The molecular formula is C21H21N3O4. The Bertz CT molecular complexity index is 1050. The first-order valence-corrected chi connectivity index (χ1v) is 8.90. The first-order valence-electron chi connectivity index (χ1n) is 8.90. The molecule has 1 amide bonds. The monoisotopic (exact) mass is 379 g/mol. The SMILES string of the molecule is C[C@@H](c1ccccc1)N(C)C(=O)COC(=O)Cc1n[nH]c(=O)c2ccccc12. The number of fused-ring (bicyclic) bond motifs is 1. The Morgan fingerprint density at radius 3 is 2.43 bits per heavy atom. The molecule has 7 nitrogen and oxygen atoms in total. The highest BCUT2D eigenvalue weighted by atomic mass is 16.5. The number of rotatable bonds is 6. The molecule has 28 heavy (non-hydrogen) atoms. The van der Waals surface area contributed by atoms with Crippen molar-refractivity contribution in [3.63, 3.8) is 0 Å². The van der Waals surface area contributed by atoms with Crippen LogP contribution in [-0.4, -0.2) is 40.6 Å². The largest absolute Gasteiger partial charge is 0.455 e. The van der Waals surface area contributed by atoms with Crippen LogP contribution in [0.1, 0.15) is 24.2 Å². The number of aromatic amines is 1. The second-order valence-corrected chi connectivity index (χ2v) is 6.47. The van der Waals surface area contributed by atoms with Crippen molar-refractivity contribution >= 4 is 22.6 Å². The summed E-state index contributed by atoms with van der Waals surface area (Å²) in [5.41, 5.74) is 1.08. The lowest BCUT2D eigenvalue weighted by molar-refractivity contribution is -0.151. The van der Waals surface area contributed by atoms with Crippen LogP contribution in [0.5, 0.6) is 0 Å². The van der Waals surface area contributed by atoms with Crippen molar-refractivity contribution in [1.29, 1.82) is 0 Å². The number of carbonyl (C=O) groups excluding carboxylic acids is 2. The number of likely N-dealkylation sites (N-methyl/N-ethyl adjacent to an activating group) is 1. The van der Waals surface area contributed by atoms with Crippen molar-refractivity contribution in [1.82, 2.24) is 15.1 Å². The van der Waals surface area contributed by atoms with Gasteiger partial charge in [-0.1, -0.05) is 48.5 Å². The zero-order valence-electron chi connectivity index (χ0n) is 15.7. The number of esters is 1. The van der Waals surface area contributed by atoms with E-state index in [1.807, 2.05) is 37.3 Å². The summed E-state index contributed by atoms with van der Waals surface area (Å²) in [5.74, 6) is -0.886. The van der Waals surface area contributed by atoms with Gasteiger partial charge in [-0.15, -0.1) is 0 Å². The minimum absolute atomic E-state index is 0.136. The van der Waals surface area contributed by atoms with E-state index in [0.29, 0.717) is 16.5 Å². The summed E-state index contributed by atoms with van der Waals surface area (Å²) in [6.07, 6.45) is -0.136. The predicted molar refractivity (Wildman–Crippen MR) is 105 cm³/mol. The fraction of sp³-hybridized carbons (Fsp3) is 0.238. The van der Waals surface area contributed by atoms with Crippen LogP contribution < -0.4 is 5.56 Å². The number of nitrogens with zero attached hydrogens (tertiary/aromatic N) is 2. The average molecular weight is 379 g/mol. The van der Waals surface area contributed by atoms with Gasteiger partial charge in [0.05, 0.1) is 23.5 Å². The van der Waals surface area contributed by atoms with E-state index < -0.39 is 5.97 Å². The van der Waals surface area contributed by atoms with Gasteiger partial charge >= 0.3 is 5.97 Å². The number of aromatic nitrogens is 2. The molecule has 1 heterocycles. The van der Waals surface area contributed by atoms with Crippen LogP contribution in [0.4, 0.5) is 0 Å². The third kappa shape index (κ3) is 4.25. The molecule has 0 bridgehead atoms. The lowest BCUT2D eigenvalue weighted by Crippen LogP contribution is -2.33. The number of amides is 1. The molecule has 0 aliphatic rings. The molecule has 0 saturated heterocycles. The molecule has 1 atom stereocenters. The van der Waals surface area contributed by atoms with Gasteiger partial charge in [0.2, 0.25) is 0 Å².